The van der Waals surface area contributed by atoms with Crippen molar-refractivity contribution < 1.29 is 14.4 Å². The number of carbonyl (C=O) groups excluding carboxylic acids is 2. The molecule has 0 saturated carbocycles. The lowest BCUT2D eigenvalue weighted by atomic mass is 9.97. The molecule has 1 aromatic rings. The molecule has 23 heavy (non-hydrogen) atoms. The van der Waals surface area contributed by atoms with Gasteiger partial charge in [0.2, 0.25) is 5.91 Å². The third kappa shape index (κ3) is 2.31. The van der Waals surface area contributed by atoms with Crippen molar-refractivity contribution in [3.63, 3.8) is 0 Å². The molecule has 1 saturated heterocycles. The van der Waals surface area contributed by atoms with Crippen LogP contribution in [-0.2, 0) is 16.7 Å². The van der Waals surface area contributed by atoms with Gasteiger partial charge in [-0.25, -0.2) is 4.79 Å². The number of nitrogens with zero attached hydrogens (tertiary/aromatic N) is 5. The fraction of sp³-hybridized carbons (Fsp3) is 0.538. The van der Waals surface area contributed by atoms with Crippen LogP contribution >= 0.6 is 0 Å². The normalized spacial score (nSPS) is 23.3. The van der Waals surface area contributed by atoms with Crippen LogP contribution in [0.5, 0.6) is 0 Å². The molecule has 10 nitrogen and oxygen atoms in total. The van der Waals surface area contributed by atoms with Crippen LogP contribution in [0.4, 0.5) is 4.79 Å². The number of carbonyl (C=O) groups is 2. The van der Waals surface area contributed by atoms with E-state index in [1.165, 1.54) is 0 Å². The predicted molar refractivity (Wildman–Crippen MR) is 80.2 cm³/mol. The maximum Gasteiger partial charge on any atom is 0.321 e. The van der Waals surface area contributed by atoms with Crippen LogP contribution in [0, 0.1) is 0 Å². The molecule has 1 fully saturated rings. The van der Waals surface area contributed by atoms with Gasteiger partial charge in [0.15, 0.2) is 6.61 Å². The number of hydrogen-bond acceptors (Lipinski definition) is 5. The number of primary amides is 1. The zero-order chi connectivity index (χ0) is 16.7. The Bertz CT molecular complexity index is 683. The summed E-state index contributed by atoms with van der Waals surface area (Å²) < 4.78 is 1.73. The minimum atomic E-state index is -0.602. The molecule has 10 heteroatoms. The summed E-state index contributed by atoms with van der Waals surface area (Å²) in [6, 6.07) is -0.565. The van der Waals surface area contributed by atoms with Crippen molar-refractivity contribution in [1.82, 2.24) is 25.1 Å². The van der Waals surface area contributed by atoms with E-state index < -0.39 is 11.9 Å². The quantitative estimate of drug-likeness (QED) is 0.415. The molecule has 0 radical (unpaired) electrons. The summed E-state index contributed by atoms with van der Waals surface area (Å²) in [5.41, 5.74) is 9.55. The molecule has 2 atom stereocenters. The van der Waals surface area contributed by atoms with Crippen molar-refractivity contribution in [2.75, 3.05) is 27.2 Å². The van der Waals surface area contributed by atoms with Gasteiger partial charge >= 0.3 is 6.03 Å². The first kappa shape index (κ1) is 15.3. The second-order valence-electron chi connectivity index (χ2n) is 5.54. The van der Waals surface area contributed by atoms with E-state index in [1.807, 2.05) is 7.05 Å². The van der Waals surface area contributed by atoms with E-state index in [-0.39, 0.29) is 18.7 Å². The molecule has 2 aliphatic rings. The zero-order valence-electron chi connectivity index (χ0n) is 13.2. The molecule has 0 spiro atoms. The van der Waals surface area contributed by atoms with Crippen LogP contribution in [0.3, 0.4) is 0 Å². The van der Waals surface area contributed by atoms with Gasteiger partial charge in [-0.05, 0) is 0 Å². The van der Waals surface area contributed by atoms with E-state index >= 15 is 0 Å². The number of fused-ring (bicyclic) bond motifs is 4. The van der Waals surface area contributed by atoms with E-state index in [9.17, 15) is 9.59 Å². The molecule has 2 bridgehead atoms. The highest BCUT2D eigenvalue weighted by atomic mass is 16.6. The van der Waals surface area contributed by atoms with Gasteiger partial charge in [0.1, 0.15) is 11.9 Å². The molecule has 0 unspecified atom stereocenters. The number of rotatable bonds is 4. The van der Waals surface area contributed by atoms with Crippen molar-refractivity contribution in [1.29, 1.82) is 0 Å². The molecule has 3 N–H and O–H groups in total. The van der Waals surface area contributed by atoms with Crippen molar-refractivity contribution in [2.45, 2.75) is 12.1 Å². The fourth-order valence-electron chi connectivity index (χ4n) is 3.13. The predicted octanol–water partition coefficient (Wildman–Crippen LogP) is -1.08. The number of nitrogens with two attached hydrogens (primary N) is 1. The van der Waals surface area contributed by atoms with Gasteiger partial charge in [-0.15, -0.1) is 0 Å². The van der Waals surface area contributed by atoms with Crippen molar-refractivity contribution in [3.05, 3.63) is 17.5 Å². The van der Waals surface area contributed by atoms with Gasteiger partial charge in [-0.1, -0.05) is 0 Å². The van der Waals surface area contributed by atoms with Crippen LogP contribution in [0.15, 0.2) is 11.2 Å². The topological polar surface area (TPSA) is 118 Å². The number of aryl methyl sites for hydroxylation is 1. The highest BCUT2D eigenvalue weighted by molar-refractivity contribution is 5.93. The highest BCUT2D eigenvalue weighted by Gasteiger charge is 2.49. The second-order valence-corrected chi connectivity index (χ2v) is 5.54. The first-order valence-corrected chi connectivity index (χ1v) is 7.13. The Labute approximate surface area is 132 Å². The summed E-state index contributed by atoms with van der Waals surface area (Å²) in [6.07, 6.45) is 1.77. The molecule has 3 rings (SSSR count). The monoisotopic (exact) mass is 321 g/mol. The third-order valence-corrected chi connectivity index (χ3v) is 4.22. The molecule has 3 heterocycles. The summed E-state index contributed by atoms with van der Waals surface area (Å²) >= 11 is 0. The second kappa shape index (κ2) is 5.54. The summed E-state index contributed by atoms with van der Waals surface area (Å²) in [5.74, 6) is -0.187. The summed E-state index contributed by atoms with van der Waals surface area (Å²) in [4.78, 5) is 36.0. The molecule has 1 aromatic heterocycles. The Morgan fingerprint density at radius 3 is 2.96 bits per heavy atom. The number of hydrogen-bond donors (Lipinski definition) is 2. The number of urea groups is 1. The van der Waals surface area contributed by atoms with Gasteiger partial charge in [-0.2, -0.15) is 5.10 Å². The zero-order valence-corrected chi connectivity index (χ0v) is 13.2. The standard InChI is InChI=1S/C13H19N7O3/c1-15-12(17-23-6-9(14)21)11-10-7(4-16-19(10)3)8-5-20(11)13(22)18(8)2/h4,8,11H,5-6H2,1-3H3,(H2,14,21)(H,15,17)/t8-,11-/m0/s1. The van der Waals surface area contributed by atoms with Gasteiger partial charge in [0.05, 0.1) is 17.9 Å². The average molecular weight is 321 g/mol. The Morgan fingerprint density at radius 1 is 1.57 bits per heavy atom. The molecule has 124 valence electrons. The SMILES string of the molecule is CN=C(NOCC(N)=O)[C@@H]1c2c(cnn2C)[C@@H]2CN1C(=O)N2C. The molecule has 0 aromatic carbocycles. The van der Waals surface area contributed by atoms with Gasteiger partial charge in [0, 0.05) is 33.3 Å². The third-order valence-electron chi connectivity index (χ3n) is 4.22. The number of aromatic nitrogens is 2. The lowest BCUT2D eigenvalue weighted by Gasteiger charge is -2.32. The average Bonchev–Trinajstić information content (AvgIpc) is 3.01. The van der Waals surface area contributed by atoms with Crippen LogP contribution in [0.1, 0.15) is 23.3 Å². The highest BCUT2D eigenvalue weighted by Crippen LogP contribution is 2.42. The van der Waals surface area contributed by atoms with Crippen LogP contribution in [0.2, 0.25) is 0 Å². The number of aliphatic imine (C=N–C) groups is 1. The van der Waals surface area contributed by atoms with E-state index in [0.29, 0.717) is 12.4 Å². The number of amides is 3. The maximum absolute atomic E-state index is 12.5. The van der Waals surface area contributed by atoms with E-state index in [0.717, 1.165) is 11.3 Å². The Balaban J connectivity index is 1.95. The largest absolute Gasteiger partial charge is 0.368 e. The van der Waals surface area contributed by atoms with Gasteiger partial charge in [0.25, 0.3) is 0 Å². The molecule has 2 aliphatic heterocycles. The number of likely N-dealkylation sites (N-methyl/N-ethyl adjacent to an activating group) is 1. The minimum Gasteiger partial charge on any atom is -0.368 e. The Hall–Kier alpha value is -2.62. The van der Waals surface area contributed by atoms with Crippen molar-refractivity contribution >= 4 is 17.8 Å². The number of hydroxylamine groups is 1. The molecular weight excluding hydrogens is 302 g/mol. The summed E-state index contributed by atoms with van der Waals surface area (Å²) in [5, 5.41) is 4.31. The first-order chi connectivity index (χ1) is 11.0. The van der Waals surface area contributed by atoms with Crippen LogP contribution < -0.4 is 11.2 Å². The lowest BCUT2D eigenvalue weighted by molar-refractivity contribution is -0.123. The molecule has 3 amide bonds. The Morgan fingerprint density at radius 2 is 2.30 bits per heavy atom. The van der Waals surface area contributed by atoms with Gasteiger partial charge < -0.3 is 15.5 Å². The fourth-order valence-corrected chi connectivity index (χ4v) is 3.13. The lowest BCUT2D eigenvalue weighted by Crippen LogP contribution is -2.45. The number of amidine groups is 1. The summed E-state index contributed by atoms with van der Waals surface area (Å²) in [7, 11) is 5.17. The van der Waals surface area contributed by atoms with E-state index in [2.05, 4.69) is 15.6 Å². The molecule has 0 aliphatic carbocycles. The van der Waals surface area contributed by atoms with Crippen molar-refractivity contribution in [3.8, 4) is 0 Å². The smallest absolute Gasteiger partial charge is 0.321 e. The summed E-state index contributed by atoms with van der Waals surface area (Å²) in [6.45, 7) is 0.260. The van der Waals surface area contributed by atoms with E-state index in [1.54, 1.807) is 34.8 Å². The van der Waals surface area contributed by atoms with Gasteiger partial charge in [-0.3, -0.25) is 24.8 Å². The van der Waals surface area contributed by atoms with Crippen molar-refractivity contribution in [2.24, 2.45) is 17.8 Å². The number of nitrogens with one attached hydrogen (secondary N) is 1. The molecular formula is C13H19N7O3. The van der Waals surface area contributed by atoms with E-state index in [4.69, 9.17) is 10.6 Å². The maximum atomic E-state index is 12.5. The van der Waals surface area contributed by atoms with Crippen LogP contribution in [-0.4, -0.2) is 64.6 Å². The first-order valence-electron chi connectivity index (χ1n) is 7.13. The van der Waals surface area contributed by atoms with Crippen LogP contribution in [0.25, 0.3) is 0 Å². The Kier molecular flexibility index (Phi) is 3.68. The minimum absolute atomic E-state index is 0.0212.